The Morgan fingerprint density at radius 3 is 2.58 bits per heavy atom. The summed E-state index contributed by atoms with van der Waals surface area (Å²) >= 11 is 5.72. The maximum Gasteiger partial charge on any atom is 0.221 e. The monoisotopic (exact) mass is 355 g/mol. The molecule has 1 rings (SSSR count). The Morgan fingerprint density at radius 2 is 2.04 bits per heavy atom. The van der Waals surface area contributed by atoms with Gasteiger partial charge in [-0.25, -0.2) is 0 Å². The minimum Gasteiger partial charge on any atom is -0.492 e. The number of methoxy groups -OCH3 is 1. The molecule has 0 atom stereocenters. The van der Waals surface area contributed by atoms with Crippen molar-refractivity contribution in [2.24, 2.45) is 0 Å². The summed E-state index contributed by atoms with van der Waals surface area (Å²) in [5.41, 5.74) is 2.31. The van der Waals surface area contributed by atoms with Crippen molar-refractivity contribution in [1.29, 1.82) is 0 Å². The second-order valence-corrected chi connectivity index (χ2v) is 6.66. The zero-order chi connectivity index (χ0) is 18.2. The fraction of sp³-hybridized carbons (Fsp3) is 0.500. The third-order valence-corrected chi connectivity index (χ3v) is 3.32. The van der Waals surface area contributed by atoms with E-state index in [2.05, 4.69) is 26.1 Å². The molecule has 0 spiro atoms. The van der Waals surface area contributed by atoms with Gasteiger partial charge in [-0.1, -0.05) is 26.8 Å². The molecule has 1 amide bonds. The zero-order valence-corrected chi connectivity index (χ0v) is 15.7. The molecule has 0 aliphatic heterocycles. The van der Waals surface area contributed by atoms with Crippen molar-refractivity contribution in [1.82, 2.24) is 5.32 Å². The number of ether oxygens (including phenoxy) is 3. The number of carbonyl (C=O) groups is 1. The number of hydrogen-bond acceptors (Lipinski definition) is 4. The highest BCUT2D eigenvalue weighted by molar-refractivity contribution is 6.18. The second kappa shape index (κ2) is 9.55. The molecule has 0 saturated heterocycles. The van der Waals surface area contributed by atoms with E-state index in [-0.39, 0.29) is 18.1 Å². The molecular weight excluding hydrogens is 330 g/mol. The van der Waals surface area contributed by atoms with Crippen LogP contribution >= 0.6 is 11.6 Å². The lowest BCUT2D eigenvalue weighted by Crippen LogP contribution is -2.20. The highest BCUT2D eigenvalue weighted by Crippen LogP contribution is 2.31. The van der Waals surface area contributed by atoms with Crippen molar-refractivity contribution in [3.63, 3.8) is 0 Å². The van der Waals surface area contributed by atoms with Gasteiger partial charge < -0.3 is 19.5 Å². The smallest absolute Gasteiger partial charge is 0.221 e. The standard InChI is InChI=1S/C18H26ClNO4/c1-13(21)20-16(11-23-12-22-5)15-10-14(18(2,3)4)6-7-17(15)24-9-8-19/h6-7,10-11H,8-9,12H2,1-5H3,(H,20,21)/b16-11-. The third kappa shape index (κ3) is 6.42. The fourth-order valence-electron chi connectivity index (χ4n) is 2.02. The number of benzene rings is 1. The molecule has 1 aromatic rings. The van der Waals surface area contributed by atoms with Crippen LogP contribution in [-0.2, 0) is 19.7 Å². The van der Waals surface area contributed by atoms with E-state index >= 15 is 0 Å². The number of halogens is 1. The highest BCUT2D eigenvalue weighted by atomic mass is 35.5. The minimum atomic E-state index is -0.202. The lowest BCUT2D eigenvalue weighted by Gasteiger charge is -2.22. The summed E-state index contributed by atoms with van der Waals surface area (Å²) in [5, 5.41) is 2.78. The van der Waals surface area contributed by atoms with Gasteiger partial charge in [-0.2, -0.15) is 0 Å². The van der Waals surface area contributed by atoms with E-state index in [1.165, 1.54) is 20.3 Å². The average molecular weight is 356 g/mol. The Bertz CT molecular complexity index is 579. The fourth-order valence-corrected chi connectivity index (χ4v) is 2.09. The summed E-state index contributed by atoms with van der Waals surface area (Å²) in [6, 6.07) is 5.88. The molecule has 0 aliphatic rings. The average Bonchev–Trinajstić information content (AvgIpc) is 2.50. The van der Waals surface area contributed by atoms with Crippen LogP contribution in [-0.4, -0.2) is 32.3 Å². The van der Waals surface area contributed by atoms with Crippen molar-refractivity contribution < 1.29 is 19.0 Å². The first kappa shape index (κ1) is 20.3. The van der Waals surface area contributed by atoms with Crippen molar-refractivity contribution in [3.05, 3.63) is 35.6 Å². The van der Waals surface area contributed by atoms with Crippen LogP contribution in [0.4, 0.5) is 0 Å². The van der Waals surface area contributed by atoms with E-state index in [0.717, 1.165) is 11.1 Å². The maximum absolute atomic E-state index is 11.6. The predicted octanol–water partition coefficient (Wildman–Crippen LogP) is 3.66. The van der Waals surface area contributed by atoms with Gasteiger partial charge in [-0.15, -0.1) is 11.6 Å². The van der Waals surface area contributed by atoms with Crippen LogP contribution < -0.4 is 10.1 Å². The normalized spacial score (nSPS) is 12.0. The number of hydrogen-bond donors (Lipinski definition) is 1. The molecule has 6 heteroatoms. The van der Waals surface area contributed by atoms with Gasteiger partial charge in [0.1, 0.15) is 18.6 Å². The van der Waals surface area contributed by atoms with Crippen molar-refractivity contribution in [2.75, 3.05) is 26.4 Å². The lowest BCUT2D eigenvalue weighted by atomic mass is 9.85. The van der Waals surface area contributed by atoms with Gasteiger partial charge in [0.25, 0.3) is 0 Å². The predicted molar refractivity (Wildman–Crippen MR) is 96.1 cm³/mol. The van der Waals surface area contributed by atoms with E-state index in [0.29, 0.717) is 23.9 Å². The van der Waals surface area contributed by atoms with E-state index in [4.69, 9.17) is 25.8 Å². The van der Waals surface area contributed by atoms with Gasteiger partial charge >= 0.3 is 0 Å². The van der Waals surface area contributed by atoms with Crippen LogP contribution in [0.25, 0.3) is 5.70 Å². The molecule has 0 fully saturated rings. The van der Waals surface area contributed by atoms with Gasteiger partial charge in [0.05, 0.1) is 11.6 Å². The molecule has 1 N–H and O–H groups in total. The molecule has 0 bridgehead atoms. The Balaban J connectivity index is 3.33. The summed E-state index contributed by atoms with van der Waals surface area (Å²) in [7, 11) is 1.53. The molecule has 1 aromatic carbocycles. The molecule has 0 radical (unpaired) electrons. The highest BCUT2D eigenvalue weighted by Gasteiger charge is 2.19. The zero-order valence-electron chi connectivity index (χ0n) is 14.9. The Morgan fingerprint density at radius 1 is 1.33 bits per heavy atom. The second-order valence-electron chi connectivity index (χ2n) is 6.28. The number of carbonyl (C=O) groups excluding carboxylic acids is 1. The maximum atomic E-state index is 11.6. The Kier molecular flexibility index (Phi) is 8.08. The number of amides is 1. The van der Waals surface area contributed by atoms with Crippen molar-refractivity contribution in [2.45, 2.75) is 33.1 Å². The summed E-state index contributed by atoms with van der Waals surface area (Å²) in [6.07, 6.45) is 1.46. The Hall–Kier alpha value is -1.72. The molecule has 0 aromatic heterocycles. The van der Waals surface area contributed by atoms with Gasteiger partial charge in [0, 0.05) is 19.6 Å². The molecule has 0 aliphatic carbocycles. The summed E-state index contributed by atoms with van der Waals surface area (Å²) in [5.74, 6) is 0.802. The topological polar surface area (TPSA) is 56.8 Å². The van der Waals surface area contributed by atoms with Crippen LogP contribution in [0.1, 0.15) is 38.8 Å². The molecule has 5 nitrogen and oxygen atoms in total. The SMILES string of the molecule is COCO/C=C(\NC(C)=O)c1cc(C(C)(C)C)ccc1OCCCl. The first-order chi connectivity index (χ1) is 11.3. The Labute approximate surface area is 148 Å². The van der Waals surface area contributed by atoms with Crippen LogP contribution in [0.2, 0.25) is 0 Å². The first-order valence-corrected chi connectivity index (χ1v) is 8.25. The quantitative estimate of drug-likeness (QED) is 0.334. The molecule has 0 saturated carbocycles. The third-order valence-electron chi connectivity index (χ3n) is 3.17. The number of nitrogens with one attached hydrogen (secondary N) is 1. The molecule has 24 heavy (non-hydrogen) atoms. The van der Waals surface area contributed by atoms with Crippen molar-refractivity contribution >= 4 is 23.2 Å². The number of alkyl halides is 1. The van der Waals surface area contributed by atoms with Gasteiger partial charge in [0.2, 0.25) is 5.91 Å². The van der Waals surface area contributed by atoms with Crippen LogP contribution in [0.5, 0.6) is 5.75 Å². The molecule has 134 valence electrons. The largest absolute Gasteiger partial charge is 0.492 e. The molecular formula is C18H26ClNO4. The molecule has 0 heterocycles. The summed E-state index contributed by atoms with van der Waals surface area (Å²) in [6.45, 7) is 8.25. The molecule has 0 unspecified atom stereocenters. The van der Waals surface area contributed by atoms with Crippen molar-refractivity contribution in [3.8, 4) is 5.75 Å². The summed E-state index contributed by atoms with van der Waals surface area (Å²) < 4.78 is 15.9. The van der Waals surface area contributed by atoms with E-state index in [1.54, 1.807) is 0 Å². The minimum absolute atomic E-state index is 0.0471. The van der Waals surface area contributed by atoms with E-state index in [1.807, 2.05) is 18.2 Å². The van der Waals surface area contributed by atoms with Gasteiger partial charge in [0.15, 0.2) is 6.79 Å². The summed E-state index contributed by atoms with van der Waals surface area (Å²) in [4.78, 5) is 11.6. The van der Waals surface area contributed by atoms with Crippen LogP contribution in [0, 0.1) is 0 Å². The first-order valence-electron chi connectivity index (χ1n) is 7.71. The van der Waals surface area contributed by atoms with E-state index in [9.17, 15) is 4.79 Å². The van der Waals surface area contributed by atoms with Gasteiger partial charge in [-0.05, 0) is 23.1 Å². The van der Waals surface area contributed by atoms with Crippen LogP contribution in [0.15, 0.2) is 24.5 Å². The lowest BCUT2D eigenvalue weighted by molar-refractivity contribution is -0.117. The van der Waals surface area contributed by atoms with E-state index < -0.39 is 0 Å². The number of rotatable bonds is 8. The van der Waals surface area contributed by atoms with Crippen LogP contribution in [0.3, 0.4) is 0 Å². The van der Waals surface area contributed by atoms with Gasteiger partial charge in [-0.3, -0.25) is 4.79 Å².